The second-order valence-electron chi connectivity index (χ2n) is 4.38. The zero-order valence-corrected chi connectivity index (χ0v) is 9.69. The van der Waals surface area contributed by atoms with Crippen LogP contribution in [0.5, 0.6) is 0 Å². The third-order valence-electron chi connectivity index (χ3n) is 3.02. The molecule has 2 unspecified atom stereocenters. The van der Waals surface area contributed by atoms with E-state index in [9.17, 15) is 4.79 Å². The van der Waals surface area contributed by atoms with Crippen LogP contribution in [0.3, 0.4) is 0 Å². The standard InChI is InChI=1S/C14H18O2/c1-2-8-16-10-14(15)13-9-12(13)11-6-4-3-5-7-11/h3-7,12-13H,2,8-10H2,1H3. The van der Waals surface area contributed by atoms with Crippen LogP contribution in [0, 0.1) is 5.92 Å². The highest BCUT2D eigenvalue weighted by Crippen LogP contribution is 2.47. The second kappa shape index (κ2) is 5.26. The number of ether oxygens (including phenoxy) is 1. The molecule has 0 aliphatic heterocycles. The van der Waals surface area contributed by atoms with Crippen LogP contribution in [-0.4, -0.2) is 19.0 Å². The average molecular weight is 218 g/mol. The molecule has 86 valence electrons. The number of hydrogen-bond donors (Lipinski definition) is 0. The molecule has 2 nitrogen and oxygen atoms in total. The highest BCUT2D eigenvalue weighted by molar-refractivity contribution is 5.86. The molecule has 1 aromatic carbocycles. The van der Waals surface area contributed by atoms with Gasteiger partial charge in [-0.2, -0.15) is 0 Å². The molecule has 0 radical (unpaired) electrons. The third kappa shape index (κ3) is 2.70. The number of benzene rings is 1. The molecule has 1 fully saturated rings. The highest BCUT2D eigenvalue weighted by Gasteiger charge is 2.43. The fraction of sp³-hybridized carbons (Fsp3) is 0.500. The van der Waals surface area contributed by atoms with Crippen molar-refractivity contribution in [1.82, 2.24) is 0 Å². The number of ketones is 1. The summed E-state index contributed by atoms with van der Waals surface area (Å²) < 4.78 is 5.28. The van der Waals surface area contributed by atoms with Gasteiger partial charge in [0.15, 0.2) is 5.78 Å². The summed E-state index contributed by atoms with van der Waals surface area (Å²) in [6, 6.07) is 10.3. The van der Waals surface area contributed by atoms with Gasteiger partial charge in [-0.1, -0.05) is 37.3 Å². The van der Waals surface area contributed by atoms with Crippen LogP contribution in [0.25, 0.3) is 0 Å². The molecule has 1 aromatic rings. The molecular formula is C14H18O2. The van der Waals surface area contributed by atoms with E-state index < -0.39 is 0 Å². The van der Waals surface area contributed by atoms with Crippen LogP contribution in [-0.2, 0) is 9.53 Å². The van der Waals surface area contributed by atoms with Crippen LogP contribution in [0.1, 0.15) is 31.2 Å². The largest absolute Gasteiger partial charge is 0.374 e. The minimum absolute atomic E-state index is 0.208. The fourth-order valence-corrected chi connectivity index (χ4v) is 2.04. The summed E-state index contributed by atoms with van der Waals surface area (Å²) in [5, 5.41) is 0. The van der Waals surface area contributed by atoms with E-state index in [0.717, 1.165) is 12.8 Å². The highest BCUT2D eigenvalue weighted by atomic mass is 16.5. The summed E-state index contributed by atoms with van der Waals surface area (Å²) >= 11 is 0. The maximum atomic E-state index is 11.7. The molecule has 0 saturated heterocycles. The summed E-state index contributed by atoms with van der Waals surface area (Å²) in [4.78, 5) is 11.7. The molecular weight excluding hydrogens is 200 g/mol. The zero-order valence-electron chi connectivity index (χ0n) is 9.69. The van der Waals surface area contributed by atoms with Gasteiger partial charge < -0.3 is 4.74 Å². The third-order valence-corrected chi connectivity index (χ3v) is 3.02. The molecule has 1 aliphatic rings. The van der Waals surface area contributed by atoms with E-state index in [1.165, 1.54) is 5.56 Å². The smallest absolute Gasteiger partial charge is 0.162 e. The number of carbonyl (C=O) groups excluding carboxylic acids is 1. The van der Waals surface area contributed by atoms with Gasteiger partial charge in [0.25, 0.3) is 0 Å². The van der Waals surface area contributed by atoms with Crippen molar-refractivity contribution in [2.75, 3.05) is 13.2 Å². The Balaban J connectivity index is 1.80. The topological polar surface area (TPSA) is 26.3 Å². The monoisotopic (exact) mass is 218 g/mol. The predicted molar refractivity (Wildman–Crippen MR) is 63.4 cm³/mol. The number of carbonyl (C=O) groups is 1. The van der Waals surface area contributed by atoms with Crippen molar-refractivity contribution in [3.8, 4) is 0 Å². The van der Waals surface area contributed by atoms with Crippen molar-refractivity contribution in [2.45, 2.75) is 25.7 Å². The summed E-state index contributed by atoms with van der Waals surface area (Å²) in [7, 11) is 0. The van der Waals surface area contributed by atoms with Gasteiger partial charge in [0.1, 0.15) is 6.61 Å². The van der Waals surface area contributed by atoms with E-state index in [-0.39, 0.29) is 11.7 Å². The first-order valence-electron chi connectivity index (χ1n) is 5.98. The summed E-state index contributed by atoms with van der Waals surface area (Å²) in [5.74, 6) is 0.917. The molecule has 0 amide bonds. The molecule has 2 heteroatoms. The van der Waals surface area contributed by atoms with Crippen LogP contribution < -0.4 is 0 Å². The van der Waals surface area contributed by atoms with E-state index in [4.69, 9.17) is 4.74 Å². The fourth-order valence-electron chi connectivity index (χ4n) is 2.04. The number of hydrogen-bond acceptors (Lipinski definition) is 2. The van der Waals surface area contributed by atoms with E-state index >= 15 is 0 Å². The van der Waals surface area contributed by atoms with E-state index in [1.807, 2.05) is 25.1 Å². The Morgan fingerprint density at radius 3 is 2.81 bits per heavy atom. The van der Waals surface area contributed by atoms with Crippen LogP contribution in [0.2, 0.25) is 0 Å². The Morgan fingerprint density at radius 1 is 1.38 bits per heavy atom. The van der Waals surface area contributed by atoms with Crippen molar-refractivity contribution in [1.29, 1.82) is 0 Å². The number of rotatable bonds is 6. The van der Waals surface area contributed by atoms with Gasteiger partial charge in [0.2, 0.25) is 0 Å². The second-order valence-corrected chi connectivity index (χ2v) is 4.38. The predicted octanol–water partition coefficient (Wildman–Crippen LogP) is 2.79. The summed E-state index contributed by atoms with van der Waals surface area (Å²) in [5.41, 5.74) is 1.29. The van der Waals surface area contributed by atoms with Gasteiger partial charge in [-0.3, -0.25) is 4.79 Å². The maximum absolute atomic E-state index is 11.7. The minimum Gasteiger partial charge on any atom is -0.374 e. The lowest BCUT2D eigenvalue weighted by atomic mass is 10.1. The van der Waals surface area contributed by atoms with Crippen LogP contribution >= 0.6 is 0 Å². The van der Waals surface area contributed by atoms with Crippen molar-refractivity contribution in [3.05, 3.63) is 35.9 Å². The Bertz CT molecular complexity index is 345. The SMILES string of the molecule is CCCOCC(=O)C1CC1c1ccccc1. The van der Waals surface area contributed by atoms with Gasteiger partial charge in [-0.05, 0) is 24.3 Å². The molecule has 2 rings (SSSR count). The quantitative estimate of drug-likeness (QED) is 0.686. The first-order chi connectivity index (χ1) is 7.83. The molecule has 0 N–H and O–H groups in total. The molecule has 0 heterocycles. The molecule has 1 aliphatic carbocycles. The molecule has 0 bridgehead atoms. The molecule has 16 heavy (non-hydrogen) atoms. The molecule has 1 saturated carbocycles. The Kier molecular flexibility index (Phi) is 3.73. The maximum Gasteiger partial charge on any atom is 0.162 e. The van der Waals surface area contributed by atoms with Gasteiger partial charge in [-0.25, -0.2) is 0 Å². The van der Waals surface area contributed by atoms with Crippen molar-refractivity contribution in [3.63, 3.8) is 0 Å². The zero-order chi connectivity index (χ0) is 11.4. The van der Waals surface area contributed by atoms with Gasteiger partial charge >= 0.3 is 0 Å². The summed E-state index contributed by atoms with van der Waals surface area (Å²) in [6.45, 7) is 3.03. The van der Waals surface area contributed by atoms with Gasteiger partial charge in [-0.15, -0.1) is 0 Å². The Labute approximate surface area is 96.6 Å². The molecule has 0 spiro atoms. The van der Waals surface area contributed by atoms with Crippen molar-refractivity contribution in [2.24, 2.45) is 5.92 Å². The van der Waals surface area contributed by atoms with Crippen LogP contribution in [0.4, 0.5) is 0 Å². The molecule has 0 aromatic heterocycles. The van der Waals surface area contributed by atoms with E-state index in [2.05, 4.69) is 12.1 Å². The Morgan fingerprint density at radius 2 is 2.12 bits per heavy atom. The Hall–Kier alpha value is -1.15. The van der Waals surface area contributed by atoms with Crippen LogP contribution in [0.15, 0.2) is 30.3 Å². The summed E-state index contributed by atoms with van der Waals surface area (Å²) in [6.07, 6.45) is 1.97. The van der Waals surface area contributed by atoms with Crippen molar-refractivity contribution < 1.29 is 9.53 Å². The first kappa shape index (κ1) is 11.3. The van der Waals surface area contributed by atoms with Crippen molar-refractivity contribution >= 4 is 5.78 Å². The minimum atomic E-state index is 0.208. The van der Waals surface area contributed by atoms with E-state index in [1.54, 1.807) is 0 Å². The lowest BCUT2D eigenvalue weighted by molar-refractivity contribution is -0.124. The molecule has 2 atom stereocenters. The number of Topliss-reactive ketones (excluding diaryl/α,β-unsaturated/α-hetero) is 1. The first-order valence-corrected chi connectivity index (χ1v) is 5.98. The lowest BCUT2D eigenvalue weighted by Gasteiger charge is -2.01. The lowest BCUT2D eigenvalue weighted by Crippen LogP contribution is -2.11. The normalized spacial score (nSPS) is 23.1. The van der Waals surface area contributed by atoms with Gasteiger partial charge in [0, 0.05) is 12.5 Å². The van der Waals surface area contributed by atoms with E-state index in [0.29, 0.717) is 19.1 Å². The average Bonchev–Trinajstić information content (AvgIpc) is 3.10. The van der Waals surface area contributed by atoms with Gasteiger partial charge in [0.05, 0.1) is 0 Å².